The standard InChI is InChI=1S/C7H10N4O4/c12-7(6-5-8-1-2-9-6)10-3-4-15-11(13)14/h1-2,5,11,13-14H,3-4H2/p+1. The van der Waals surface area contributed by atoms with E-state index in [4.69, 9.17) is 10.4 Å². The first-order valence-corrected chi connectivity index (χ1v) is 4.12. The van der Waals surface area contributed by atoms with Crippen molar-refractivity contribution in [1.29, 1.82) is 0 Å². The van der Waals surface area contributed by atoms with Crippen LogP contribution in [0.25, 0.3) is 0 Å². The molecule has 0 spiro atoms. The van der Waals surface area contributed by atoms with Gasteiger partial charge in [0.25, 0.3) is 5.91 Å². The maximum absolute atomic E-state index is 11.3. The summed E-state index contributed by atoms with van der Waals surface area (Å²) >= 11 is 0. The molecule has 15 heavy (non-hydrogen) atoms. The van der Waals surface area contributed by atoms with Gasteiger partial charge in [0.2, 0.25) is 0 Å². The number of aromatic nitrogens is 2. The molecule has 0 aliphatic rings. The molecule has 0 aliphatic carbocycles. The lowest BCUT2D eigenvalue weighted by Crippen LogP contribution is -3.06. The molecule has 1 aromatic heterocycles. The van der Waals surface area contributed by atoms with Crippen molar-refractivity contribution in [1.82, 2.24) is 15.3 Å². The quantitative estimate of drug-likeness (QED) is 0.328. The van der Waals surface area contributed by atoms with Crippen molar-refractivity contribution in [2.24, 2.45) is 0 Å². The average Bonchev–Trinajstić information content (AvgIpc) is 2.25. The summed E-state index contributed by atoms with van der Waals surface area (Å²) in [6.07, 6.45) is 4.18. The van der Waals surface area contributed by atoms with Crippen LogP contribution in [-0.2, 0) is 4.84 Å². The van der Waals surface area contributed by atoms with Crippen LogP contribution >= 0.6 is 0 Å². The zero-order valence-electron chi connectivity index (χ0n) is 7.75. The zero-order chi connectivity index (χ0) is 11.1. The van der Waals surface area contributed by atoms with Gasteiger partial charge in [-0.15, -0.1) is 15.3 Å². The molecule has 0 atom stereocenters. The number of nitrogens with one attached hydrogen (secondary N) is 2. The molecule has 0 saturated heterocycles. The molecule has 8 heteroatoms. The smallest absolute Gasteiger partial charge is 0.271 e. The Bertz CT molecular complexity index is 305. The van der Waals surface area contributed by atoms with Gasteiger partial charge in [-0.05, 0) is 0 Å². The minimum absolute atomic E-state index is 0.0334. The fraction of sp³-hybridized carbons (Fsp3) is 0.286. The largest absolute Gasteiger partial charge is 0.348 e. The number of nitrogens with zero attached hydrogens (tertiary/aromatic N) is 2. The first kappa shape index (κ1) is 11.5. The zero-order valence-corrected chi connectivity index (χ0v) is 7.75. The Morgan fingerprint density at radius 2 is 2.33 bits per heavy atom. The lowest BCUT2D eigenvalue weighted by atomic mass is 10.4. The Hall–Kier alpha value is -1.61. The maximum Gasteiger partial charge on any atom is 0.271 e. The highest BCUT2D eigenvalue weighted by atomic mass is 17.1. The normalized spacial score (nSPS) is 10.3. The van der Waals surface area contributed by atoms with Gasteiger partial charge in [-0.2, -0.15) is 0 Å². The Labute approximate surface area is 85.0 Å². The fourth-order valence-electron chi connectivity index (χ4n) is 0.814. The molecule has 82 valence electrons. The highest BCUT2D eigenvalue weighted by molar-refractivity contribution is 5.91. The number of amides is 1. The van der Waals surface area contributed by atoms with E-state index in [1.165, 1.54) is 18.6 Å². The van der Waals surface area contributed by atoms with E-state index in [2.05, 4.69) is 20.1 Å². The molecule has 0 radical (unpaired) electrons. The van der Waals surface area contributed by atoms with Crippen molar-refractivity contribution >= 4 is 5.91 Å². The van der Waals surface area contributed by atoms with Crippen LogP contribution in [-0.4, -0.2) is 39.4 Å². The Kier molecular flexibility index (Phi) is 4.57. The molecule has 1 amide bonds. The molecule has 0 fully saturated rings. The topological polar surface area (TPSA) is 109 Å². The van der Waals surface area contributed by atoms with E-state index in [-0.39, 0.29) is 18.8 Å². The molecule has 0 aliphatic heterocycles. The second-order valence-electron chi connectivity index (χ2n) is 2.48. The van der Waals surface area contributed by atoms with E-state index >= 15 is 0 Å². The third-order valence-electron chi connectivity index (χ3n) is 1.41. The predicted octanol–water partition coefficient (Wildman–Crippen LogP) is -2.20. The molecular weight excluding hydrogens is 204 g/mol. The van der Waals surface area contributed by atoms with E-state index in [0.29, 0.717) is 0 Å². The van der Waals surface area contributed by atoms with E-state index in [0.717, 1.165) is 0 Å². The third kappa shape index (κ3) is 4.42. The van der Waals surface area contributed by atoms with E-state index < -0.39 is 11.3 Å². The summed E-state index contributed by atoms with van der Waals surface area (Å²) in [5.74, 6) is -0.399. The van der Waals surface area contributed by atoms with Gasteiger partial charge >= 0.3 is 0 Å². The van der Waals surface area contributed by atoms with Crippen molar-refractivity contribution in [3.05, 3.63) is 24.3 Å². The number of carbonyl (C=O) groups excluding carboxylic acids is 1. The number of rotatable bonds is 5. The molecule has 1 aromatic rings. The molecule has 0 bridgehead atoms. The summed E-state index contributed by atoms with van der Waals surface area (Å²) in [7, 11) is 0. The summed E-state index contributed by atoms with van der Waals surface area (Å²) in [5.41, 5.74) is 0.190. The molecule has 1 rings (SSSR count). The van der Waals surface area contributed by atoms with Gasteiger partial charge in [0.15, 0.2) is 0 Å². The highest BCUT2D eigenvalue weighted by Crippen LogP contribution is 1.88. The minimum Gasteiger partial charge on any atom is -0.348 e. The van der Waals surface area contributed by atoms with Gasteiger partial charge in [-0.1, -0.05) is 0 Å². The van der Waals surface area contributed by atoms with Crippen molar-refractivity contribution in [2.45, 2.75) is 0 Å². The second-order valence-corrected chi connectivity index (χ2v) is 2.48. The van der Waals surface area contributed by atoms with Crippen LogP contribution in [0.15, 0.2) is 18.6 Å². The molecule has 0 aromatic carbocycles. The highest BCUT2D eigenvalue weighted by Gasteiger charge is 2.06. The van der Waals surface area contributed by atoms with Crippen molar-refractivity contribution < 1.29 is 25.4 Å². The summed E-state index contributed by atoms with van der Waals surface area (Å²) < 4.78 is 0. The minimum atomic E-state index is -1.12. The lowest BCUT2D eigenvalue weighted by Gasteiger charge is -2.03. The Balaban J connectivity index is 2.25. The van der Waals surface area contributed by atoms with Crippen molar-refractivity contribution in [3.8, 4) is 0 Å². The van der Waals surface area contributed by atoms with E-state index in [1.54, 1.807) is 0 Å². The molecule has 4 N–H and O–H groups in total. The number of hydrogen-bond donors (Lipinski definition) is 4. The monoisotopic (exact) mass is 215 g/mol. The molecule has 1 heterocycles. The average molecular weight is 215 g/mol. The first-order valence-electron chi connectivity index (χ1n) is 4.12. The van der Waals surface area contributed by atoms with Crippen LogP contribution in [0.3, 0.4) is 0 Å². The fourth-order valence-corrected chi connectivity index (χ4v) is 0.814. The van der Waals surface area contributed by atoms with Crippen LogP contribution in [0.1, 0.15) is 10.5 Å². The SMILES string of the molecule is O=C(NCCO[NH+](O)O)c1cnccn1. The first-order chi connectivity index (χ1) is 7.20. The van der Waals surface area contributed by atoms with Gasteiger partial charge in [0, 0.05) is 18.9 Å². The Morgan fingerprint density at radius 3 is 2.93 bits per heavy atom. The van der Waals surface area contributed by atoms with Crippen molar-refractivity contribution in [2.75, 3.05) is 13.2 Å². The molecular formula is C7H11N4O4+. The summed E-state index contributed by atoms with van der Waals surface area (Å²) in [4.78, 5) is 23.1. The van der Waals surface area contributed by atoms with E-state index in [1.807, 2.05) is 0 Å². The number of quaternary nitrogens is 1. The molecule has 0 unspecified atom stereocenters. The molecule has 8 nitrogen and oxygen atoms in total. The molecule has 0 saturated carbocycles. The van der Waals surface area contributed by atoms with Gasteiger partial charge in [0.1, 0.15) is 12.3 Å². The second kappa shape index (κ2) is 5.98. The number of hydrogen-bond acceptors (Lipinski definition) is 6. The third-order valence-corrected chi connectivity index (χ3v) is 1.41. The van der Waals surface area contributed by atoms with Gasteiger partial charge in [-0.3, -0.25) is 9.78 Å². The van der Waals surface area contributed by atoms with Crippen LogP contribution in [0, 0.1) is 0 Å². The lowest BCUT2D eigenvalue weighted by molar-refractivity contribution is -1.37. The van der Waals surface area contributed by atoms with Crippen LogP contribution in [0.4, 0.5) is 0 Å². The summed E-state index contributed by atoms with van der Waals surface area (Å²) in [6.45, 7) is 0.106. The van der Waals surface area contributed by atoms with Gasteiger partial charge < -0.3 is 5.32 Å². The summed E-state index contributed by atoms with van der Waals surface area (Å²) in [5, 5.41) is 17.8. The Morgan fingerprint density at radius 1 is 1.53 bits per heavy atom. The summed E-state index contributed by atoms with van der Waals surface area (Å²) in [6, 6.07) is 0. The van der Waals surface area contributed by atoms with Crippen LogP contribution in [0.5, 0.6) is 0 Å². The predicted molar refractivity (Wildman–Crippen MR) is 44.9 cm³/mol. The van der Waals surface area contributed by atoms with Gasteiger partial charge in [0.05, 0.1) is 11.6 Å². The van der Waals surface area contributed by atoms with Crippen LogP contribution < -0.4 is 10.7 Å². The number of carbonyl (C=O) groups is 1. The van der Waals surface area contributed by atoms with Gasteiger partial charge in [-0.25, -0.2) is 4.98 Å². The van der Waals surface area contributed by atoms with Crippen molar-refractivity contribution in [3.63, 3.8) is 0 Å². The maximum atomic E-state index is 11.3. The van der Waals surface area contributed by atoms with Crippen LogP contribution in [0.2, 0.25) is 0 Å². The van der Waals surface area contributed by atoms with E-state index in [9.17, 15) is 4.79 Å².